The van der Waals surface area contributed by atoms with Crippen molar-refractivity contribution in [3.63, 3.8) is 0 Å². The Balaban J connectivity index is 1.62. The smallest absolute Gasteiger partial charge is 0.255 e. The van der Waals surface area contributed by atoms with E-state index in [2.05, 4.69) is 30.1 Å². The number of nitrogens with two attached hydrogens (primary N) is 1. The van der Waals surface area contributed by atoms with Gasteiger partial charge in [0.1, 0.15) is 0 Å². The number of nitrogen functional groups attached to an aromatic ring is 1. The van der Waals surface area contributed by atoms with E-state index < -0.39 is 0 Å². The minimum Gasteiger partial charge on any atom is -0.397 e. The number of benzene rings is 2. The highest BCUT2D eigenvalue weighted by atomic mass is 32.2. The third-order valence-electron chi connectivity index (χ3n) is 4.79. The first-order valence-electron chi connectivity index (χ1n) is 9.80. The monoisotopic (exact) mass is 425 g/mol. The molecule has 0 aliphatic rings. The highest BCUT2D eigenvalue weighted by Crippen LogP contribution is 2.30. The molecule has 3 rings (SSSR count). The summed E-state index contributed by atoms with van der Waals surface area (Å²) in [6.45, 7) is 7.59. The van der Waals surface area contributed by atoms with Gasteiger partial charge in [0.05, 0.1) is 11.4 Å². The van der Waals surface area contributed by atoms with Crippen molar-refractivity contribution >= 4 is 40.4 Å². The summed E-state index contributed by atoms with van der Waals surface area (Å²) in [6.07, 6.45) is 0. The highest BCUT2D eigenvalue weighted by molar-refractivity contribution is 7.99. The molecule has 29 heavy (non-hydrogen) atoms. The van der Waals surface area contributed by atoms with Gasteiger partial charge in [-0.05, 0) is 66.5 Å². The number of rotatable bonds is 9. The number of amides is 1. The lowest BCUT2D eigenvalue weighted by Crippen LogP contribution is -2.25. The minimum absolute atomic E-state index is 0.153. The molecule has 4 nitrogen and oxygen atoms in total. The third-order valence-corrected chi connectivity index (χ3v) is 6.71. The summed E-state index contributed by atoms with van der Waals surface area (Å²) in [4.78, 5) is 17.4. The van der Waals surface area contributed by atoms with Gasteiger partial charge < -0.3 is 16.0 Å². The molecule has 0 aliphatic carbocycles. The van der Waals surface area contributed by atoms with Crippen molar-refractivity contribution < 1.29 is 4.79 Å². The lowest BCUT2D eigenvalue weighted by Gasteiger charge is -2.17. The van der Waals surface area contributed by atoms with Crippen LogP contribution in [-0.2, 0) is 0 Å². The SMILES string of the molecule is CCN(CC)CCSc1ccc(C(=O)Nc2cc(-c3cccs3)ccc2N)cc1. The van der Waals surface area contributed by atoms with Gasteiger partial charge in [-0.2, -0.15) is 0 Å². The number of hydrogen-bond acceptors (Lipinski definition) is 5. The molecule has 0 bridgehead atoms. The molecule has 3 aromatic rings. The van der Waals surface area contributed by atoms with Gasteiger partial charge in [0.15, 0.2) is 0 Å². The summed E-state index contributed by atoms with van der Waals surface area (Å²) in [7, 11) is 0. The molecule has 0 spiro atoms. The fourth-order valence-electron chi connectivity index (χ4n) is 2.99. The Kier molecular flexibility index (Phi) is 7.75. The van der Waals surface area contributed by atoms with E-state index in [1.807, 2.05) is 65.7 Å². The van der Waals surface area contributed by atoms with Gasteiger partial charge >= 0.3 is 0 Å². The number of nitrogens with zero attached hydrogens (tertiary/aromatic N) is 1. The second-order valence-electron chi connectivity index (χ2n) is 6.63. The van der Waals surface area contributed by atoms with Crippen LogP contribution in [0.1, 0.15) is 24.2 Å². The molecule has 0 radical (unpaired) electrons. The normalized spacial score (nSPS) is 11.0. The number of hydrogen-bond donors (Lipinski definition) is 2. The van der Waals surface area contributed by atoms with E-state index in [0.717, 1.165) is 35.8 Å². The van der Waals surface area contributed by atoms with Crippen molar-refractivity contribution in [2.24, 2.45) is 0 Å². The number of anilines is 2. The first kappa shape index (κ1) is 21.4. The van der Waals surface area contributed by atoms with E-state index in [4.69, 9.17) is 5.73 Å². The molecule has 152 valence electrons. The first-order valence-corrected chi connectivity index (χ1v) is 11.7. The molecule has 0 aliphatic heterocycles. The Morgan fingerprint density at radius 1 is 1.10 bits per heavy atom. The van der Waals surface area contributed by atoms with Crippen molar-refractivity contribution in [2.45, 2.75) is 18.7 Å². The van der Waals surface area contributed by atoms with Crippen LogP contribution in [0.3, 0.4) is 0 Å². The van der Waals surface area contributed by atoms with Gasteiger partial charge in [-0.1, -0.05) is 26.0 Å². The number of nitrogens with one attached hydrogen (secondary N) is 1. The largest absolute Gasteiger partial charge is 0.397 e. The molecule has 1 heterocycles. The summed E-state index contributed by atoms with van der Waals surface area (Å²) in [5, 5.41) is 4.98. The average molecular weight is 426 g/mol. The molecule has 0 fully saturated rings. The Bertz CT molecular complexity index is 920. The van der Waals surface area contributed by atoms with Crippen molar-refractivity contribution in [3.8, 4) is 10.4 Å². The Morgan fingerprint density at radius 2 is 1.86 bits per heavy atom. The number of carbonyl (C=O) groups is 1. The molecular weight excluding hydrogens is 398 g/mol. The first-order chi connectivity index (χ1) is 14.1. The number of thioether (sulfide) groups is 1. The lowest BCUT2D eigenvalue weighted by atomic mass is 10.1. The second-order valence-corrected chi connectivity index (χ2v) is 8.75. The molecule has 6 heteroatoms. The predicted molar refractivity (Wildman–Crippen MR) is 127 cm³/mol. The molecule has 1 aromatic heterocycles. The predicted octanol–water partition coefficient (Wildman–Crippen LogP) is 5.68. The van der Waals surface area contributed by atoms with Crippen LogP contribution < -0.4 is 11.1 Å². The van der Waals surface area contributed by atoms with Crippen LogP contribution in [0.25, 0.3) is 10.4 Å². The van der Waals surface area contributed by atoms with Gasteiger partial charge in [0, 0.05) is 27.6 Å². The molecule has 0 saturated heterocycles. The molecule has 3 N–H and O–H groups in total. The van der Waals surface area contributed by atoms with Crippen LogP contribution >= 0.6 is 23.1 Å². The average Bonchev–Trinajstić information content (AvgIpc) is 3.28. The topological polar surface area (TPSA) is 58.4 Å². The van der Waals surface area contributed by atoms with Crippen LogP contribution in [0.2, 0.25) is 0 Å². The second kappa shape index (κ2) is 10.5. The van der Waals surface area contributed by atoms with Gasteiger partial charge in [0.25, 0.3) is 5.91 Å². The maximum atomic E-state index is 12.7. The highest BCUT2D eigenvalue weighted by Gasteiger charge is 2.10. The van der Waals surface area contributed by atoms with E-state index in [-0.39, 0.29) is 5.91 Å². The van der Waals surface area contributed by atoms with Gasteiger partial charge in [-0.3, -0.25) is 4.79 Å². The summed E-state index contributed by atoms with van der Waals surface area (Å²) >= 11 is 3.47. The van der Waals surface area contributed by atoms with Crippen molar-refractivity contribution in [1.82, 2.24) is 4.90 Å². The molecule has 0 saturated carbocycles. The van der Waals surface area contributed by atoms with Gasteiger partial charge in [0.2, 0.25) is 0 Å². The molecule has 1 amide bonds. The maximum Gasteiger partial charge on any atom is 0.255 e. The lowest BCUT2D eigenvalue weighted by molar-refractivity contribution is 0.102. The zero-order valence-corrected chi connectivity index (χ0v) is 18.5. The summed E-state index contributed by atoms with van der Waals surface area (Å²) in [6, 6.07) is 17.6. The maximum absolute atomic E-state index is 12.7. The van der Waals surface area contributed by atoms with Crippen LogP contribution in [-0.4, -0.2) is 36.2 Å². The van der Waals surface area contributed by atoms with Crippen molar-refractivity contribution in [2.75, 3.05) is 36.4 Å². The quantitative estimate of drug-likeness (QED) is 0.342. The fourth-order valence-corrected chi connectivity index (χ4v) is 4.63. The number of carbonyl (C=O) groups excluding carboxylic acids is 1. The van der Waals surface area contributed by atoms with Crippen LogP contribution in [0.15, 0.2) is 64.9 Å². The Morgan fingerprint density at radius 3 is 2.52 bits per heavy atom. The zero-order valence-electron chi connectivity index (χ0n) is 16.9. The van der Waals surface area contributed by atoms with E-state index >= 15 is 0 Å². The van der Waals surface area contributed by atoms with Crippen LogP contribution in [0.4, 0.5) is 11.4 Å². The fraction of sp³-hybridized carbons (Fsp3) is 0.261. The van der Waals surface area contributed by atoms with E-state index in [0.29, 0.717) is 16.9 Å². The third kappa shape index (κ3) is 5.85. The summed E-state index contributed by atoms with van der Waals surface area (Å²) < 4.78 is 0. The zero-order chi connectivity index (χ0) is 20.6. The molecule has 0 unspecified atom stereocenters. The Labute approximate surface area is 181 Å². The van der Waals surface area contributed by atoms with Crippen molar-refractivity contribution in [1.29, 1.82) is 0 Å². The summed E-state index contributed by atoms with van der Waals surface area (Å²) in [5.41, 5.74) is 8.94. The van der Waals surface area contributed by atoms with E-state index in [1.165, 1.54) is 4.90 Å². The minimum atomic E-state index is -0.153. The van der Waals surface area contributed by atoms with E-state index in [1.54, 1.807) is 11.3 Å². The van der Waals surface area contributed by atoms with Crippen LogP contribution in [0.5, 0.6) is 0 Å². The number of thiophene rings is 1. The van der Waals surface area contributed by atoms with Gasteiger partial charge in [-0.15, -0.1) is 23.1 Å². The van der Waals surface area contributed by atoms with Gasteiger partial charge in [-0.25, -0.2) is 0 Å². The Hall–Kier alpha value is -2.28. The standard InChI is InChI=1S/C23H27N3OS2/c1-3-26(4-2)13-15-28-19-10-7-17(8-11-19)23(27)25-21-16-18(9-12-20(21)24)22-6-5-14-29-22/h5-12,14,16H,3-4,13,15,24H2,1-2H3,(H,25,27). The molecular formula is C23H27N3OS2. The van der Waals surface area contributed by atoms with Crippen molar-refractivity contribution in [3.05, 3.63) is 65.5 Å². The molecule has 2 aromatic carbocycles. The molecule has 0 atom stereocenters. The van der Waals surface area contributed by atoms with E-state index in [9.17, 15) is 4.79 Å². The summed E-state index contributed by atoms with van der Waals surface area (Å²) in [5.74, 6) is 0.888. The van der Waals surface area contributed by atoms with Crippen LogP contribution in [0, 0.1) is 0 Å².